The lowest BCUT2D eigenvalue weighted by Crippen LogP contribution is -2.00. The highest BCUT2D eigenvalue weighted by atomic mass is 32.2. The predicted octanol–water partition coefficient (Wildman–Crippen LogP) is 9.23. The lowest BCUT2D eigenvalue weighted by Gasteiger charge is -2.15. The minimum atomic E-state index is 0.869. The van der Waals surface area contributed by atoms with E-state index in [0.717, 1.165) is 23.5 Å². The zero-order valence-corrected chi connectivity index (χ0v) is 19.6. The predicted molar refractivity (Wildman–Crippen MR) is 124 cm³/mol. The molecule has 2 heteroatoms. The molecule has 0 saturated heterocycles. The second kappa shape index (κ2) is 14.8. The van der Waals surface area contributed by atoms with Crippen molar-refractivity contribution in [3.63, 3.8) is 0 Å². The zero-order valence-electron chi connectivity index (χ0n) is 17.9. The van der Waals surface area contributed by atoms with Gasteiger partial charge in [-0.3, -0.25) is 0 Å². The second-order valence-corrected chi connectivity index (χ2v) is 10.9. The second-order valence-electron chi connectivity index (χ2n) is 8.65. The Hall–Kier alpha value is -0.210. The first-order chi connectivity index (χ1) is 12.5. The van der Waals surface area contributed by atoms with E-state index in [2.05, 4.69) is 58.2 Å². The first kappa shape index (κ1) is 23.8. The lowest BCUT2D eigenvalue weighted by molar-refractivity contribution is 0.389. The molecule has 2 atom stereocenters. The van der Waals surface area contributed by atoms with E-state index >= 15 is 0 Å². The van der Waals surface area contributed by atoms with Crippen LogP contribution in [0.3, 0.4) is 0 Å². The molecule has 2 unspecified atom stereocenters. The molecule has 0 nitrogen and oxygen atoms in total. The maximum absolute atomic E-state index is 2.45. The molecule has 150 valence electrons. The smallest absolute Gasteiger partial charge is 0.0601 e. The number of thioether (sulfide) groups is 1. The molecule has 1 aromatic heterocycles. The van der Waals surface area contributed by atoms with E-state index in [4.69, 9.17) is 0 Å². The molecule has 1 aromatic rings. The van der Waals surface area contributed by atoms with Gasteiger partial charge >= 0.3 is 0 Å². The summed E-state index contributed by atoms with van der Waals surface area (Å²) in [5.74, 6) is 3.81. The molecule has 0 amide bonds. The number of hydrogen-bond donors (Lipinski definition) is 0. The third-order valence-electron chi connectivity index (χ3n) is 5.29. The SMILES string of the molecule is CC(=CCSc1cccs1)CCCC(C)CCCC(C)CCCC(C)C. The summed E-state index contributed by atoms with van der Waals surface area (Å²) in [6.45, 7) is 11.9. The summed E-state index contributed by atoms with van der Waals surface area (Å²) in [6.07, 6.45) is 15.0. The molecular weight excluding hydrogens is 352 g/mol. The van der Waals surface area contributed by atoms with Crippen LogP contribution in [0.5, 0.6) is 0 Å². The Bertz CT molecular complexity index is 459. The summed E-state index contributed by atoms with van der Waals surface area (Å²) < 4.78 is 1.43. The Labute approximate surface area is 172 Å². The number of allylic oxidation sites excluding steroid dienone is 1. The van der Waals surface area contributed by atoms with Gasteiger partial charge in [0.1, 0.15) is 0 Å². The molecule has 0 saturated carbocycles. The van der Waals surface area contributed by atoms with Gasteiger partial charge in [0.15, 0.2) is 0 Å². The van der Waals surface area contributed by atoms with E-state index in [9.17, 15) is 0 Å². The first-order valence-electron chi connectivity index (χ1n) is 10.8. The molecule has 0 aliphatic rings. The van der Waals surface area contributed by atoms with Crippen molar-refractivity contribution in [2.75, 3.05) is 5.75 Å². The van der Waals surface area contributed by atoms with Crippen LogP contribution in [0.25, 0.3) is 0 Å². The van der Waals surface area contributed by atoms with E-state index in [1.165, 1.54) is 62.0 Å². The first-order valence-corrected chi connectivity index (χ1v) is 12.7. The van der Waals surface area contributed by atoms with Crippen LogP contribution in [0.2, 0.25) is 0 Å². The monoisotopic (exact) mass is 394 g/mol. The minimum absolute atomic E-state index is 0.869. The van der Waals surface area contributed by atoms with Gasteiger partial charge in [0.05, 0.1) is 4.21 Å². The van der Waals surface area contributed by atoms with Gasteiger partial charge in [-0.2, -0.15) is 0 Å². The Morgan fingerprint density at radius 1 is 0.962 bits per heavy atom. The van der Waals surface area contributed by atoms with Crippen LogP contribution < -0.4 is 0 Å². The Morgan fingerprint density at radius 2 is 1.58 bits per heavy atom. The molecule has 0 fully saturated rings. The van der Waals surface area contributed by atoms with Crippen LogP contribution in [0.4, 0.5) is 0 Å². The van der Waals surface area contributed by atoms with E-state index in [1.54, 1.807) is 5.57 Å². The molecule has 0 aliphatic heterocycles. The summed E-state index contributed by atoms with van der Waals surface area (Å²) in [6, 6.07) is 4.35. The minimum Gasteiger partial charge on any atom is -0.137 e. The van der Waals surface area contributed by atoms with E-state index in [-0.39, 0.29) is 0 Å². The molecule has 1 heterocycles. The van der Waals surface area contributed by atoms with Crippen LogP contribution in [0.15, 0.2) is 33.4 Å². The number of rotatable bonds is 15. The lowest BCUT2D eigenvalue weighted by atomic mass is 9.91. The summed E-state index contributed by atoms with van der Waals surface area (Å²) in [5.41, 5.74) is 1.57. The highest BCUT2D eigenvalue weighted by Crippen LogP contribution is 2.25. The van der Waals surface area contributed by atoms with Gasteiger partial charge in [0.25, 0.3) is 0 Å². The van der Waals surface area contributed by atoms with Crippen molar-refractivity contribution in [3.05, 3.63) is 29.2 Å². The Morgan fingerprint density at radius 3 is 2.15 bits per heavy atom. The fourth-order valence-corrected chi connectivity index (χ4v) is 5.22. The maximum Gasteiger partial charge on any atom is 0.0601 e. The van der Waals surface area contributed by atoms with Crippen molar-refractivity contribution < 1.29 is 0 Å². The van der Waals surface area contributed by atoms with Crippen LogP contribution in [-0.2, 0) is 0 Å². The van der Waals surface area contributed by atoms with Crippen molar-refractivity contribution in [2.24, 2.45) is 17.8 Å². The van der Waals surface area contributed by atoms with Crippen molar-refractivity contribution >= 4 is 23.1 Å². The summed E-state index contributed by atoms with van der Waals surface area (Å²) >= 11 is 3.80. The van der Waals surface area contributed by atoms with Gasteiger partial charge < -0.3 is 0 Å². The van der Waals surface area contributed by atoms with Gasteiger partial charge in [-0.25, -0.2) is 0 Å². The van der Waals surface area contributed by atoms with Gasteiger partial charge in [-0.05, 0) is 49.0 Å². The highest BCUT2D eigenvalue weighted by Gasteiger charge is 2.06. The van der Waals surface area contributed by atoms with Crippen molar-refractivity contribution in [1.82, 2.24) is 0 Å². The van der Waals surface area contributed by atoms with E-state index in [0.29, 0.717) is 0 Å². The molecule has 0 aromatic carbocycles. The standard InChI is InChI=1S/C24H42S2/c1-20(2)10-6-11-21(3)12-7-13-22(4)14-8-15-23(5)17-19-26-24-16-9-18-25-24/h9,16-18,20-22H,6-8,10-15,19H2,1-5H3. The van der Waals surface area contributed by atoms with E-state index in [1.807, 2.05) is 23.1 Å². The van der Waals surface area contributed by atoms with E-state index < -0.39 is 0 Å². The Balaban J connectivity index is 2.00. The number of hydrogen-bond acceptors (Lipinski definition) is 2. The van der Waals surface area contributed by atoms with Crippen molar-refractivity contribution in [1.29, 1.82) is 0 Å². The number of thiophene rings is 1. The van der Waals surface area contributed by atoms with Crippen molar-refractivity contribution in [3.8, 4) is 0 Å². The van der Waals surface area contributed by atoms with Gasteiger partial charge in [0, 0.05) is 5.75 Å². The van der Waals surface area contributed by atoms with Gasteiger partial charge in [0.2, 0.25) is 0 Å². The normalized spacial score (nSPS) is 14.8. The molecule has 0 N–H and O–H groups in total. The fraction of sp³-hybridized carbons (Fsp3) is 0.750. The molecule has 1 rings (SSSR count). The molecule has 0 spiro atoms. The van der Waals surface area contributed by atoms with Gasteiger partial charge in [-0.1, -0.05) is 90.4 Å². The summed E-state index contributed by atoms with van der Waals surface area (Å²) in [7, 11) is 0. The molecular formula is C24H42S2. The highest BCUT2D eigenvalue weighted by molar-refractivity contribution is 8.01. The summed E-state index contributed by atoms with van der Waals surface area (Å²) in [5, 5.41) is 2.16. The average Bonchev–Trinajstić information content (AvgIpc) is 3.08. The third kappa shape index (κ3) is 13.0. The molecule has 26 heavy (non-hydrogen) atoms. The zero-order chi connectivity index (χ0) is 19.2. The molecule has 0 radical (unpaired) electrons. The van der Waals surface area contributed by atoms with Crippen LogP contribution >= 0.6 is 23.1 Å². The summed E-state index contributed by atoms with van der Waals surface area (Å²) in [4.78, 5) is 0. The molecule has 0 bridgehead atoms. The van der Waals surface area contributed by atoms with Crippen LogP contribution in [-0.4, -0.2) is 5.75 Å². The van der Waals surface area contributed by atoms with Crippen LogP contribution in [0, 0.1) is 17.8 Å². The molecule has 0 aliphatic carbocycles. The maximum atomic E-state index is 2.45. The van der Waals surface area contributed by atoms with Crippen LogP contribution in [0.1, 0.15) is 92.4 Å². The Kier molecular flexibility index (Phi) is 13.6. The van der Waals surface area contributed by atoms with Crippen molar-refractivity contribution in [2.45, 2.75) is 96.6 Å². The quantitative estimate of drug-likeness (QED) is 0.211. The fourth-order valence-electron chi connectivity index (χ4n) is 3.42. The largest absolute Gasteiger partial charge is 0.137 e. The third-order valence-corrected chi connectivity index (χ3v) is 7.35. The topological polar surface area (TPSA) is 0 Å². The van der Waals surface area contributed by atoms with Gasteiger partial charge in [-0.15, -0.1) is 23.1 Å². The average molecular weight is 395 g/mol.